The van der Waals surface area contributed by atoms with Crippen molar-refractivity contribution in [3.8, 4) is 5.75 Å². The van der Waals surface area contributed by atoms with Gasteiger partial charge in [0.25, 0.3) is 0 Å². The summed E-state index contributed by atoms with van der Waals surface area (Å²) in [6, 6.07) is 9.14. The van der Waals surface area contributed by atoms with Gasteiger partial charge in [-0.2, -0.15) is 0 Å². The zero-order valence-electron chi connectivity index (χ0n) is 12.5. The normalized spacial score (nSPS) is 19.8. The lowest BCUT2D eigenvalue weighted by Crippen LogP contribution is -2.33. The molecule has 1 unspecified atom stereocenters. The molecule has 1 aliphatic heterocycles. The number of ether oxygens (including phenoxy) is 1. The Morgan fingerprint density at radius 2 is 1.91 bits per heavy atom. The summed E-state index contributed by atoms with van der Waals surface area (Å²) < 4.78 is 5.46. The molecule has 0 radical (unpaired) electrons. The number of benzene rings is 2. The molecule has 0 spiro atoms. The number of rotatable bonds is 2. The molecule has 114 valence electrons. The third-order valence-electron chi connectivity index (χ3n) is 4.15. The predicted octanol–water partition coefficient (Wildman–Crippen LogP) is 4.57. The van der Waals surface area contributed by atoms with Crippen LogP contribution in [-0.4, -0.2) is 13.0 Å². The molecule has 1 atom stereocenters. The maximum atomic E-state index is 12.7. The van der Waals surface area contributed by atoms with E-state index in [1.165, 1.54) is 0 Å². The van der Waals surface area contributed by atoms with Gasteiger partial charge < -0.3 is 10.1 Å². The summed E-state index contributed by atoms with van der Waals surface area (Å²) in [5.41, 5.74) is 2.29. The molecule has 3 nitrogen and oxygen atoms in total. The Hall–Kier alpha value is -1.71. The molecule has 0 fully saturated rings. The third-order valence-corrected chi connectivity index (χ3v) is 4.67. The molecule has 0 aliphatic carbocycles. The number of anilines is 1. The van der Waals surface area contributed by atoms with Gasteiger partial charge in [0, 0.05) is 26.9 Å². The van der Waals surface area contributed by atoms with Gasteiger partial charge in [-0.15, -0.1) is 0 Å². The first-order valence-corrected chi connectivity index (χ1v) is 7.59. The largest absolute Gasteiger partial charge is 0.496 e. The fraction of sp³-hybridized carbons (Fsp3) is 0.235. The Kier molecular flexibility index (Phi) is 3.58. The van der Waals surface area contributed by atoms with Crippen molar-refractivity contribution in [2.24, 2.45) is 0 Å². The van der Waals surface area contributed by atoms with Gasteiger partial charge in [0.15, 0.2) is 0 Å². The van der Waals surface area contributed by atoms with Gasteiger partial charge in [-0.05, 0) is 32.0 Å². The van der Waals surface area contributed by atoms with Gasteiger partial charge in [-0.1, -0.05) is 40.9 Å². The lowest BCUT2D eigenvalue weighted by Gasteiger charge is -2.26. The van der Waals surface area contributed by atoms with E-state index in [0.717, 1.165) is 16.7 Å². The number of carbonyl (C=O) groups is 1. The van der Waals surface area contributed by atoms with Crippen LogP contribution in [0.25, 0.3) is 0 Å². The number of methoxy groups -OCH3 is 1. The van der Waals surface area contributed by atoms with Gasteiger partial charge in [0.1, 0.15) is 11.2 Å². The maximum absolute atomic E-state index is 12.7. The number of hydrogen-bond acceptors (Lipinski definition) is 2. The van der Waals surface area contributed by atoms with Gasteiger partial charge >= 0.3 is 0 Å². The number of nitrogens with one attached hydrogen (secondary N) is 1. The lowest BCUT2D eigenvalue weighted by atomic mass is 9.76. The second-order valence-electron chi connectivity index (χ2n) is 5.59. The van der Waals surface area contributed by atoms with E-state index in [0.29, 0.717) is 21.5 Å². The molecule has 2 aromatic carbocycles. The molecule has 5 heteroatoms. The first-order valence-electron chi connectivity index (χ1n) is 6.84. The van der Waals surface area contributed by atoms with Gasteiger partial charge in [-0.3, -0.25) is 4.79 Å². The molecule has 1 heterocycles. The SMILES string of the molecule is COc1ccc(C)cc1C1(C)C(=O)Nc2cc(Cl)cc(Cl)c21. The molecule has 2 aromatic rings. The number of carbonyl (C=O) groups excluding carboxylic acids is 1. The van der Waals surface area contributed by atoms with E-state index in [1.807, 2.05) is 32.0 Å². The molecule has 22 heavy (non-hydrogen) atoms. The van der Waals surface area contributed by atoms with E-state index >= 15 is 0 Å². The molecule has 1 aliphatic rings. The fourth-order valence-corrected chi connectivity index (χ4v) is 3.69. The molecule has 1 amide bonds. The first-order chi connectivity index (χ1) is 10.4. The van der Waals surface area contributed by atoms with Gasteiger partial charge in [0.2, 0.25) is 5.91 Å². The van der Waals surface area contributed by atoms with Crippen LogP contribution in [0.15, 0.2) is 30.3 Å². The van der Waals surface area contributed by atoms with Crippen LogP contribution < -0.4 is 10.1 Å². The van der Waals surface area contributed by atoms with Gasteiger partial charge in [0.05, 0.1) is 7.11 Å². The Morgan fingerprint density at radius 1 is 1.18 bits per heavy atom. The van der Waals surface area contributed by atoms with E-state index in [4.69, 9.17) is 27.9 Å². The van der Waals surface area contributed by atoms with Crippen LogP contribution in [0, 0.1) is 6.92 Å². The highest BCUT2D eigenvalue weighted by molar-refractivity contribution is 6.37. The summed E-state index contributed by atoms with van der Waals surface area (Å²) in [4.78, 5) is 12.7. The molecule has 3 rings (SSSR count). The number of halogens is 2. The van der Waals surface area contributed by atoms with E-state index < -0.39 is 5.41 Å². The predicted molar refractivity (Wildman–Crippen MR) is 89.3 cm³/mol. The average Bonchev–Trinajstić information content (AvgIpc) is 2.71. The van der Waals surface area contributed by atoms with Crippen LogP contribution in [0.1, 0.15) is 23.6 Å². The second-order valence-corrected chi connectivity index (χ2v) is 6.44. The third kappa shape index (κ3) is 2.08. The minimum absolute atomic E-state index is 0.143. The van der Waals surface area contributed by atoms with Crippen LogP contribution in [0.3, 0.4) is 0 Å². The summed E-state index contributed by atoms with van der Waals surface area (Å²) in [6.45, 7) is 3.83. The van der Waals surface area contributed by atoms with Crippen LogP contribution in [0.5, 0.6) is 5.75 Å². The maximum Gasteiger partial charge on any atom is 0.239 e. The number of fused-ring (bicyclic) bond motifs is 1. The number of aryl methyl sites for hydroxylation is 1. The topological polar surface area (TPSA) is 38.3 Å². The van der Waals surface area contributed by atoms with Crippen molar-refractivity contribution >= 4 is 34.8 Å². The van der Waals surface area contributed by atoms with E-state index in [1.54, 1.807) is 19.2 Å². The molecule has 0 bridgehead atoms. The second kappa shape index (κ2) is 5.18. The van der Waals surface area contributed by atoms with E-state index in [9.17, 15) is 4.79 Å². The Morgan fingerprint density at radius 3 is 2.59 bits per heavy atom. The summed E-state index contributed by atoms with van der Waals surface area (Å²) in [5.74, 6) is 0.512. The molecular weight excluding hydrogens is 321 g/mol. The zero-order valence-corrected chi connectivity index (χ0v) is 14.0. The fourth-order valence-electron chi connectivity index (χ4n) is 3.01. The van der Waals surface area contributed by atoms with E-state index in [2.05, 4.69) is 5.32 Å². The summed E-state index contributed by atoms with van der Waals surface area (Å²) in [5, 5.41) is 3.83. The first kappa shape index (κ1) is 15.2. The highest BCUT2D eigenvalue weighted by atomic mass is 35.5. The van der Waals surface area contributed by atoms with Crippen LogP contribution in [-0.2, 0) is 10.2 Å². The monoisotopic (exact) mass is 335 g/mol. The van der Waals surface area contributed by atoms with Crippen LogP contribution in [0.4, 0.5) is 5.69 Å². The molecule has 0 aromatic heterocycles. The minimum Gasteiger partial charge on any atom is -0.496 e. The zero-order chi connectivity index (χ0) is 16.1. The average molecular weight is 336 g/mol. The molecule has 0 saturated heterocycles. The van der Waals surface area contributed by atoms with Crippen molar-refractivity contribution in [2.75, 3.05) is 12.4 Å². The number of amides is 1. The summed E-state index contributed by atoms with van der Waals surface area (Å²) >= 11 is 12.4. The van der Waals surface area contributed by atoms with Crippen LogP contribution >= 0.6 is 23.2 Å². The van der Waals surface area contributed by atoms with Crippen molar-refractivity contribution in [1.29, 1.82) is 0 Å². The quantitative estimate of drug-likeness (QED) is 0.872. The summed E-state index contributed by atoms with van der Waals surface area (Å²) in [7, 11) is 1.59. The van der Waals surface area contributed by atoms with Crippen molar-refractivity contribution in [2.45, 2.75) is 19.3 Å². The van der Waals surface area contributed by atoms with Crippen molar-refractivity contribution < 1.29 is 9.53 Å². The molecule has 1 N–H and O–H groups in total. The van der Waals surface area contributed by atoms with E-state index in [-0.39, 0.29) is 5.91 Å². The van der Waals surface area contributed by atoms with Crippen LogP contribution in [0.2, 0.25) is 10.0 Å². The van der Waals surface area contributed by atoms with Gasteiger partial charge in [-0.25, -0.2) is 0 Å². The smallest absolute Gasteiger partial charge is 0.239 e. The molecule has 0 saturated carbocycles. The Bertz CT molecular complexity index is 788. The number of hydrogen-bond donors (Lipinski definition) is 1. The van der Waals surface area contributed by atoms with Crippen molar-refractivity contribution in [3.05, 3.63) is 57.1 Å². The lowest BCUT2D eigenvalue weighted by molar-refractivity contribution is -0.119. The van der Waals surface area contributed by atoms with Crippen molar-refractivity contribution in [3.63, 3.8) is 0 Å². The standard InChI is InChI=1S/C17H15Cl2NO2/c1-9-4-5-14(22-3)11(6-9)17(2)15-12(19)7-10(18)8-13(15)20-16(17)21/h4-8H,1-3H3,(H,20,21). The highest BCUT2D eigenvalue weighted by Crippen LogP contribution is 2.49. The Labute approximate surface area is 139 Å². The summed E-state index contributed by atoms with van der Waals surface area (Å²) in [6.07, 6.45) is 0. The molecular formula is C17H15Cl2NO2. The Balaban J connectivity index is 2.32. The van der Waals surface area contributed by atoms with Crippen molar-refractivity contribution in [1.82, 2.24) is 0 Å². The minimum atomic E-state index is -0.922. The highest BCUT2D eigenvalue weighted by Gasteiger charge is 2.47.